The summed E-state index contributed by atoms with van der Waals surface area (Å²) in [6.07, 6.45) is 8.43. The Morgan fingerprint density at radius 1 is 1.34 bits per heavy atom. The fourth-order valence-corrected chi connectivity index (χ4v) is 6.76. The Morgan fingerprint density at radius 2 is 2.14 bits per heavy atom. The molecule has 1 aliphatic heterocycles. The van der Waals surface area contributed by atoms with E-state index in [1.54, 1.807) is 22.9 Å². The Balaban J connectivity index is 1.68. The summed E-state index contributed by atoms with van der Waals surface area (Å²) in [6.45, 7) is 2.13. The van der Waals surface area contributed by atoms with Gasteiger partial charge in [-0.1, -0.05) is 36.8 Å². The molecular weight excluding hydrogens is 494 g/mol. The zero-order valence-corrected chi connectivity index (χ0v) is 20.2. The summed E-state index contributed by atoms with van der Waals surface area (Å²) in [5.41, 5.74) is 1.21. The van der Waals surface area contributed by atoms with Gasteiger partial charge >= 0.3 is 11.7 Å². The van der Waals surface area contributed by atoms with E-state index in [1.165, 1.54) is 4.31 Å². The number of benzene rings is 1. The zero-order chi connectivity index (χ0) is 24.9. The normalized spacial score (nSPS) is 22.7. The van der Waals surface area contributed by atoms with Crippen LogP contribution in [-0.4, -0.2) is 56.1 Å². The second kappa shape index (κ2) is 8.74. The summed E-state index contributed by atoms with van der Waals surface area (Å²) < 4.78 is 30.5. The van der Waals surface area contributed by atoms with Crippen LogP contribution in [0.25, 0.3) is 10.9 Å². The molecular formula is C23H22ClN5O5S. The first-order valence-corrected chi connectivity index (χ1v) is 12.8. The summed E-state index contributed by atoms with van der Waals surface area (Å²) in [7, 11) is -4.02. The molecule has 3 atom stereocenters. The largest absolute Gasteiger partial charge is 0.481 e. The fourth-order valence-electron chi connectivity index (χ4n) is 4.95. The molecule has 0 radical (unpaired) electrons. The van der Waals surface area contributed by atoms with Gasteiger partial charge in [0.2, 0.25) is 10.0 Å². The second-order valence-electron chi connectivity index (χ2n) is 8.71. The molecule has 1 saturated heterocycles. The molecule has 2 N–H and O–H groups in total. The number of halogens is 1. The number of allylic oxidation sites excluding steroid dienone is 2. The van der Waals surface area contributed by atoms with Gasteiger partial charge in [-0.3, -0.25) is 9.48 Å². The first kappa shape index (κ1) is 23.5. The summed E-state index contributed by atoms with van der Waals surface area (Å²) in [6, 6.07) is 4.10. The molecule has 2 aliphatic rings. The lowest BCUT2D eigenvalue weighted by Crippen LogP contribution is -2.40. The average Bonchev–Trinajstić information content (AvgIpc) is 3.51. The van der Waals surface area contributed by atoms with Crippen molar-refractivity contribution in [3.05, 3.63) is 75.6 Å². The van der Waals surface area contributed by atoms with Crippen LogP contribution in [-0.2, 0) is 21.2 Å². The van der Waals surface area contributed by atoms with E-state index >= 15 is 0 Å². The van der Waals surface area contributed by atoms with Gasteiger partial charge < -0.3 is 10.1 Å². The zero-order valence-electron chi connectivity index (χ0n) is 18.6. The topological polar surface area (TPSA) is 138 Å². The van der Waals surface area contributed by atoms with Crippen LogP contribution < -0.4 is 5.69 Å². The van der Waals surface area contributed by atoms with Crippen molar-refractivity contribution < 1.29 is 18.3 Å². The van der Waals surface area contributed by atoms with Crippen molar-refractivity contribution >= 4 is 38.5 Å². The lowest BCUT2D eigenvalue weighted by atomic mass is 9.95. The molecule has 0 saturated carbocycles. The quantitative estimate of drug-likeness (QED) is 0.514. The number of hydrogen-bond donors (Lipinski definition) is 2. The molecule has 182 valence electrons. The molecule has 1 aliphatic carbocycles. The molecule has 12 heteroatoms. The molecule has 3 aromatic rings. The van der Waals surface area contributed by atoms with Crippen LogP contribution in [0.5, 0.6) is 0 Å². The highest BCUT2D eigenvalue weighted by atomic mass is 35.5. The summed E-state index contributed by atoms with van der Waals surface area (Å²) in [4.78, 5) is 28.7. The molecule has 5 rings (SSSR count). The van der Waals surface area contributed by atoms with Gasteiger partial charge in [0.1, 0.15) is 4.90 Å². The minimum atomic E-state index is -4.02. The Hall–Kier alpha value is -3.28. The van der Waals surface area contributed by atoms with E-state index in [2.05, 4.69) is 15.1 Å². The number of rotatable bonds is 6. The van der Waals surface area contributed by atoms with Gasteiger partial charge in [-0.2, -0.15) is 9.40 Å². The van der Waals surface area contributed by atoms with Crippen molar-refractivity contribution in [2.45, 2.75) is 36.7 Å². The molecule has 0 bridgehead atoms. The first-order valence-electron chi connectivity index (χ1n) is 11.0. The third-order valence-corrected chi connectivity index (χ3v) is 8.47. The highest BCUT2D eigenvalue weighted by Crippen LogP contribution is 2.43. The first-order chi connectivity index (χ1) is 16.7. The monoisotopic (exact) mass is 515 g/mol. The molecule has 1 fully saturated rings. The number of carboxylic acids is 1. The number of hydrogen-bond acceptors (Lipinski definition) is 6. The van der Waals surface area contributed by atoms with Gasteiger partial charge in [-0.15, -0.1) is 0 Å². The van der Waals surface area contributed by atoms with Crippen molar-refractivity contribution in [1.29, 1.82) is 0 Å². The van der Waals surface area contributed by atoms with Crippen molar-refractivity contribution in [3.63, 3.8) is 0 Å². The third-order valence-electron chi connectivity index (χ3n) is 6.43. The van der Waals surface area contributed by atoms with E-state index in [0.717, 1.165) is 18.0 Å². The van der Waals surface area contributed by atoms with Crippen molar-refractivity contribution in [1.82, 2.24) is 24.1 Å². The van der Waals surface area contributed by atoms with E-state index in [-0.39, 0.29) is 23.8 Å². The number of nitrogens with zero attached hydrogens (tertiary/aromatic N) is 4. The molecule has 1 aromatic carbocycles. The number of fused-ring (bicyclic) bond motifs is 1. The minimum absolute atomic E-state index is 0.113. The number of carbonyl (C=O) groups is 1. The molecule has 3 heterocycles. The summed E-state index contributed by atoms with van der Waals surface area (Å²) >= 11 is 6.28. The predicted octanol–water partition coefficient (Wildman–Crippen LogP) is 2.54. The Labute approximate surface area is 205 Å². The fraction of sp³-hybridized carbons (Fsp3) is 0.304. The van der Waals surface area contributed by atoms with E-state index in [4.69, 9.17) is 11.6 Å². The van der Waals surface area contributed by atoms with Crippen LogP contribution in [0.1, 0.15) is 25.1 Å². The van der Waals surface area contributed by atoms with Crippen molar-refractivity contribution in [2.75, 3.05) is 6.54 Å². The highest BCUT2D eigenvalue weighted by Gasteiger charge is 2.49. The van der Waals surface area contributed by atoms with Crippen LogP contribution in [0.15, 0.2) is 64.1 Å². The SMILES string of the molecule is C[C@@H]1CN(S(=O)(=O)c2cnc(=O)[nH]c2)C(C2=CCC=C2)[C@@H]1n1nc(CC(=O)O)c2ccc(Cl)cc21. The summed E-state index contributed by atoms with van der Waals surface area (Å²) in [5.74, 6) is -1.20. The number of nitrogens with one attached hydrogen (secondary N) is 1. The molecule has 1 unspecified atom stereocenters. The number of aliphatic carboxylic acids is 1. The van der Waals surface area contributed by atoms with E-state index in [9.17, 15) is 23.1 Å². The van der Waals surface area contributed by atoms with Crippen LogP contribution in [0.2, 0.25) is 5.02 Å². The number of carboxylic acid groups (broad SMARTS) is 1. The van der Waals surface area contributed by atoms with Gasteiger partial charge in [-0.25, -0.2) is 18.2 Å². The Bertz CT molecular complexity index is 1540. The van der Waals surface area contributed by atoms with Gasteiger partial charge in [0, 0.05) is 23.2 Å². The van der Waals surface area contributed by atoms with E-state index in [0.29, 0.717) is 28.0 Å². The Kier molecular flexibility index (Phi) is 5.86. The van der Waals surface area contributed by atoms with Gasteiger partial charge in [0.25, 0.3) is 0 Å². The molecule has 2 aromatic heterocycles. The van der Waals surface area contributed by atoms with Gasteiger partial charge in [0.15, 0.2) is 0 Å². The lowest BCUT2D eigenvalue weighted by molar-refractivity contribution is -0.136. The van der Waals surface area contributed by atoms with E-state index < -0.39 is 33.8 Å². The maximum Gasteiger partial charge on any atom is 0.344 e. The van der Waals surface area contributed by atoms with Crippen molar-refractivity contribution in [2.24, 2.45) is 5.92 Å². The van der Waals surface area contributed by atoms with Crippen LogP contribution >= 0.6 is 11.6 Å². The average molecular weight is 516 g/mol. The maximum absolute atomic E-state index is 13.7. The lowest BCUT2D eigenvalue weighted by Gasteiger charge is -2.29. The van der Waals surface area contributed by atoms with E-state index in [1.807, 2.05) is 25.2 Å². The third kappa shape index (κ3) is 4.09. The number of H-pyrrole nitrogens is 1. The van der Waals surface area contributed by atoms with Crippen molar-refractivity contribution in [3.8, 4) is 0 Å². The van der Waals surface area contributed by atoms with Crippen LogP contribution in [0, 0.1) is 5.92 Å². The molecule has 0 amide bonds. The number of aromatic nitrogens is 4. The standard InChI is InChI=1S/C23H22ClN5O5S/c1-13-12-28(35(33,34)16-10-25-23(32)26-11-16)22(14-4-2-3-5-14)21(13)29-19-8-15(24)6-7-17(19)18(27-29)9-20(30)31/h2,4-8,10-11,13,21-22H,3,9,12H2,1H3,(H,30,31)(H,25,26,32)/t13-,21-,22?/m1/s1. The maximum atomic E-state index is 13.7. The van der Waals surface area contributed by atoms with Crippen LogP contribution in [0.4, 0.5) is 0 Å². The predicted molar refractivity (Wildman–Crippen MR) is 129 cm³/mol. The number of aromatic amines is 1. The molecule has 0 spiro atoms. The van der Waals surface area contributed by atoms with Gasteiger partial charge in [-0.05, 0) is 36.1 Å². The smallest absolute Gasteiger partial charge is 0.344 e. The number of sulfonamides is 1. The highest BCUT2D eigenvalue weighted by molar-refractivity contribution is 7.89. The van der Waals surface area contributed by atoms with Crippen LogP contribution in [0.3, 0.4) is 0 Å². The van der Waals surface area contributed by atoms with Gasteiger partial charge in [0.05, 0.1) is 35.9 Å². The second-order valence-corrected chi connectivity index (χ2v) is 11.0. The minimum Gasteiger partial charge on any atom is -0.481 e. The molecule has 35 heavy (non-hydrogen) atoms. The summed E-state index contributed by atoms with van der Waals surface area (Å²) in [5, 5.41) is 15.2. The Morgan fingerprint density at radius 3 is 2.80 bits per heavy atom. The molecule has 10 nitrogen and oxygen atoms in total.